The monoisotopic (exact) mass is 397 g/mol. The second kappa shape index (κ2) is 7.78. The van der Waals surface area contributed by atoms with Crippen molar-refractivity contribution < 1.29 is 13.2 Å². The summed E-state index contributed by atoms with van der Waals surface area (Å²) in [6, 6.07) is 18.5. The van der Waals surface area contributed by atoms with Crippen LogP contribution in [0.25, 0.3) is 11.5 Å². The molecule has 0 aliphatic carbocycles. The average molecular weight is 398 g/mol. The summed E-state index contributed by atoms with van der Waals surface area (Å²) in [4.78, 5) is 0. The molecule has 0 unspecified atom stereocenters. The van der Waals surface area contributed by atoms with Crippen molar-refractivity contribution in [3.8, 4) is 11.5 Å². The van der Waals surface area contributed by atoms with Crippen LogP contribution in [0.1, 0.15) is 17.5 Å². The molecule has 1 heterocycles. The molecule has 0 saturated heterocycles. The van der Waals surface area contributed by atoms with Gasteiger partial charge in [0.15, 0.2) is 0 Å². The van der Waals surface area contributed by atoms with E-state index in [9.17, 15) is 8.78 Å². The summed E-state index contributed by atoms with van der Waals surface area (Å²) in [5.74, 6) is -0.215. The van der Waals surface area contributed by atoms with Gasteiger partial charge in [0.1, 0.15) is 17.7 Å². The molecule has 0 bridgehead atoms. The van der Waals surface area contributed by atoms with Crippen LogP contribution in [0.2, 0.25) is 5.02 Å². The summed E-state index contributed by atoms with van der Waals surface area (Å²) < 4.78 is 32.6. The Morgan fingerprint density at radius 2 is 1.57 bits per heavy atom. The molecule has 0 aliphatic heterocycles. The molecule has 7 heteroatoms. The van der Waals surface area contributed by atoms with E-state index in [2.05, 4.69) is 15.5 Å². The van der Waals surface area contributed by atoms with Gasteiger partial charge in [-0.2, -0.15) is 0 Å². The van der Waals surface area contributed by atoms with Gasteiger partial charge in [-0.3, -0.25) is 0 Å². The van der Waals surface area contributed by atoms with E-state index in [0.29, 0.717) is 17.1 Å². The first kappa shape index (κ1) is 18.1. The molecule has 4 rings (SSSR count). The van der Waals surface area contributed by atoms with Gasteiger partial charge >= 0.3 is 0 Å². The average Bonchev–Trinajstić information content (AvgIpc) is 3.19. The number of halogens is 3. The van der Waals surface area contributed by atoms with Crippen molar-refractivity contribution in [2.45, 2.75) is 6.04 Å². The number of nitrogens with zero attached hydrogens (tertiary/aromatic N) is 2. The van der Waals surface area contributed by atoms with Crippen LogP contribution in [0, 0.1) is 11.6 Å². The van der Waals surface area contributed by atoms with E-state index in [1.807, 2.05) is 30.3 Å². The number of anilines is 1. The van der Waals surface area contributed by atoms with Gasteiger partial charge in [-0.05, 0) is 48.5 Å². The zero-order valence-electron chi connectivity index (χ0n) is 14.4. The van der Waals surface area contributed by atoms with Gasteiger partial charge in [-0.1, -0.05) is 35.9 Å². The van der Waals surface area contributed by atoms with Gasteiger partial charge in [0.2, 0.25) is 11.8 Å². The maximum absolute atomic E-state index is 13.5. The Hall–Kier alpha value is -3.25. The Balaban J connectivity index is 1.74. The van der Waals surface area contributed by atoms with Crippen LogP contribution < -0.4 is 5.32 Å². The molecule has 0 fully saturated rings. The fourth-order valence-corrected chi connectivity index (χ4v) is 3.05. The molecule has 4 nitrogen and oxygen atoms in total. The predicted octanol–water partition coefficient (Wildman–Crippen LogP) is 5.87. The first-order valence-corrected chi connectivity index (χ1v) is 8.84. The normalized spacial score (nSPS) is 12.0. The van der Waals surface area contributed by atoms with Crippen LogP contribution >= 0.6 is 11.6 Å². The highest BCUT2D eigenvalue weighted by Gasteiger charge is 2.24. The molecule has 0 saturated carbocycles. The first-order chi connectivity index (χ1) is 13.6. The van der Waals surface area contributed by atoms with E-state index in [-0.39, 0.29) is 16.7 Å². The standard InChI is InChI=1S/C21H14ClF2N3O/c22-18-12-15(24)8-11-17(18)19(25-16-9-6-14(23)7-10-16)21-27-26-20(28-21)13-4-2-1-3-5-13/h1-12,19,25H/t19-/m1/s1. The minimum Gasteiger partial charge on any atom is -0.418 e. The third-order valence-corrected chi connectivity index (χ3v) is 4.46. The summed E-state index contributed by atoms with van der Waals surface area (Å²) in [6.45, 7) is 0. The topological polar surface area (TPSA) is 51.0 Å². The van der Waals surface area contributed by atoms with Crippen molar-refractivity contribution in [1.29, 1.82) is 0 Å². The smallest absolute Gasteiger partial charge is 0.247 e. The molecular weight excluding hydrogens is 384 g/mol. The summed E-state index contributed by atoms with van der Waals surface area (Å²) in [5.41, 5.74) is 1.94. The summed E-state index contributed by atoms with van der Waals surface area (Å²) in [5, 5.41) is 11.6. The van der Waals surface area contributed by atoms with E-state index < -0.39 is 11.9 Å². The lowest BCUT2D eigenvalue weighted by atomic mass is 10.1. The quantitative estimate of drug-likeness (QED) is 0.457. The zero-order valence-corrected chi connectivity index (χ0v) is 15.2. The van der Waals surface area contributed by atoms with Crippen LogP contribution in [0.3, 0.4) is 0 Å². The lowest BCUT2D eigenvalue weighted by Gasteiger charge is -2.18. The Morgan fingerprint density at radius 3 is 2.29 bits per heavy atom. The maximum Gasteiger partial charge on any atom is 0.247 e. The predicted molar refractivity (Wildman–Crippen MR) is 103 cm³/mol. The summed E-state index contributed by atoms with van der Waals surface area (Å²) >= 11 is 6.26. The lowest BCUT2D eigenvalue weighted by Crippen LogP contribution is -2.13. The van der Waals surface area contributed by atoms with E-state index >= 15 is 0 Å². The van der Waals surface area contributed by atoms with Crippen molar-refractivity contribution in [3.63, 3.8) is 0 Å². The van der Waals surface area contributed by atoms with Gasteiger partial charge in [0, 0.05) is 21.8 Å². The van der Waals surface area contributed by atoms with Crippen molar-refractivity contribution in [1.82, 2.24) is 10.2 Å². The van der Waals surface area contributed by atoms with Gasteiger partial charge in [-0.15, -0.1) is 10.2 Å². The van der Waals surface area contributed by atoms with Crippen LogP contribution in [0.4, 0.5) is 14.5 Å². The fraction of sp³-hybridized carbons (Fsp3) is 0.0476. The molecule has 140 valence electrons. The molecule has 4 aromatic rings. The molecule has 0 spiro atoms. The van der Waals surface area contributed by atoms with Crippen LogP contribution in [-0.2, 0) is 0 Å². The number of aromatic nitrogens is 2. The second-order valence-electron chi connectivity index (χ2n) is 6.06. The van der Waals surface area contributed by atoms with Crippen molar-refractivity contribution in [2.75, 3.05) is 5.32 Å². The number of benzene rings is 3. The van der Waals surface area contributed by atoms with Crippen LogP contribution in [-0.4, -0.2) is 10.2 Å². The third-order valence-electron chi connectivity index (χ3n) is 4.14. The van der Waals surface area contributed by atoms with E-state index in [1.165, 1.54) is 24.3 Å². The minimum absolute atomic E-state index is 0.207. The Bertz CT molecular complexity index is 1080. The molecule has 28 heavy (non-hydrogen) atoms. The molecule has 3 aromatic carbocycles. The maximum atomic E-state index is 13.5. The fourth-order valence-electron chi connectivity index (χ4n) is 2.77. The third kappa shape index (κ3) is 3.87. The second-order valence-corrected chi connectivity index (χ2v) is 6.47. The van der Waals surface area contributed by atoms with Crippen molar-refractivity contribution in [2.24, 2.45) is 0 Å². The molecule has 0 amide bonds. The molecule has 1 N–H and O–H groups in total. The minimum atomic E-state index is -0.650. The SMILES string of the molecule is Fc1ccc(N[C@@H](c2nnc(-c3ccccc3)o2)c2ccc(F)cc2Cl)cc1. The molecule has 1 aromatic heterocycles. The van der Waals surface area contributed by atoms with Gasteiger partial charge in [-0.25, -0.2) is 8.78 Å². The summed E-state index contributed by atoms with van der Waals surface area (Å²) in [6.07, 6.45) is 0. The molecule has 1 atom stereocenters. The number of hydrogen-bond donors (Lipinski definition) is 1. The van der Waals surface area contributed by atoms with Crippen LogP contribution in [0.5, 0.6) is 0 Å². The van der Waals surface area contributed by atoms with E-state index in [4.69, 9.17) is 16.0 Å². The van der Waals surface area contributed by atoms with Crippen molar-refractivity contribution in [3.05, 3.63) is 101 Å². The number of nitrogens with one attached hydrogen (secondary N) is 1. The zero-order chi connectivity index (χ0) is 19.5. The van der Waals surface area contributed by atoms with Gasteiger partial charge < -0.3 is 9.73 Å². The Kier molecular flexibility index (Phi) is 5.04. The highest BCUT2D eigenvalue weighted by atomic mass is 35.5. The van der Waals surface area contributed by atoms with E-state index in [1.54, 1.807) is 18.2 Å². The number of hydrogen-bond acceptors (Lipinski definition) is 4. The molecule has 0 radical (unpaired) electrons. The lowest BCUT2D eigenvalue weighted by molar-refractivity contribution is 0.494. The number of rotatable bonds is 5. The Labute approximate surface area is 164 Å². The highest BCUT2D eigenvalue weighted by Crippen LogP contribution is 2.32. The Morgan fingerprint density at radius 1 is 0.857 bits per heavy atom. The first-order valence-electron chi connectivity index (χ1n) is 8.46. The molecule has 0 aliphatic rings. The van der Waals surface area contributed by atoms with Crippen LogP contribution in [0.15, 0.2) is 77.2 Å². The van der Waals surface area contributed by atoms with Crippen molar-refractivity contribution >= 4 is 17.3 Å². The highest BCUT2D eigenvalue weighted by molar-refractivity contribution is 6.31. The van der Waals surface area contributed by atoms with Gasteiger partial charge in [0.05, 0.1) is 0 Å². The molecular formula is C21H14ClF2N3O. The van der Waals surface area contributed by atoms with Gasteiger partial charge in [0.25, 0.3) is 0 Å². The van der Waals surface area contributed by atoms with E-state index in [0.717, 1.165) is 5.56 Å². The largest absolute Gasteiger partial charge is 0.418 e. The summed E-state index contributed by atoms with van der Waals surface area (Å²) in [7, 11) is 0.